The van der Waals surface area contributed by atoms with Crippen LogP contribution in [0.25, 0.3) is 0 Å². The van der Waals surface area contributed by atoms with Crippen molar-refractivity contribution in [2.45, 2.75) is 6.92 Å². The monoisotopic (exact) mass is 153 g/mol. The zero-order valence-corrected chi connectivity index (χ0v) is 6.33. The minimum atomic E-state index is 0.419. The molecular formula is C6H7N3S. The summed E-state index contributed by atoms with van der Waals surface area (Å²) >= 11 is 1.35. The first-order chi connectivity index (χ1) is 4.66. The van der Waals surface area contributed by atoms with Crippen molar-refractivity contribution >= 4 is 22.0 Å². The number of nitrogens with zero attached hydrogens (tertiary/aromatic N) is 1. The van der Waals surface area contributed by atoms with Crippen LogP contribution in [0.5, 0.6) is 0 Å². The van der Waals surface area contributed by atoms with Crippen molar-refractivity contribution in [1.29, 1.82) is 5.26 Å². The molecule has 1 aromatic heterocycles. The lowest BCUT2D eigenvalue weighted by molar-refractivity contribution is 1.50. The highest BCUT2D eigenvalue weighted by molar-refractivity contribution is 7.16. The zero-order chi connectivity index (χ0) is 7.72. The van der Waals surface area contributed by atoms with Gasteiger partial charge in [-0.1, -0.05) is 0 Å². The molecule has 0 bridgehead atoms. The van der Waals surface area contributed by atoms with Crippen molar-refractivity contribution in [1.82, 2.24) is 0 Å². The van der Waals surface area contributed by atoms with Crippen LogP contribution in [0.1, 0.15) is 10.4 Å². The number of nitriles is 1. The molecule has 52 valence electrons. The molecule has 0 spiro atoms. The summed E-state index contributed by atoms with van der Waals surface area (Å²) in [5.41, 5.74) is 11.9. The molecule has 0 radical (unpaired) electrons. The minimum Gasteiger partial charge on any atom is -0.397 e. The normalized spacial score (nSPS) is 9.20. The standard InChI is InChI=1S/C6H7N3S/c1-3-5(8)4(2-7)6(9)10-3/h8-9H2,1H3. The zero-order valence-electron chi connectivity index (χ0n) is 5.51. The molecule has 1 heterocycles. The molecule has 0 aromatic carbocycles. The van der Waals surface area contributed by atoms with E-state index in [1.807, 2.05) is 13.0 Å². The van der Waals surface area contributed by atoms with Gasteiger partial charge in [0.05, 0.1) is 5.69 Å². The van der Waals surface area contributed by atoms with E-state index in [9.17, 15) is 0 Å². The Kier molecular flexibility index (Phi) is 1.52. The number of aryl methyl sites for hydroxylation is 1. The van der Waals surface area contributed by atoms with Crippen molar-refractivity contribution in [3.8, 4) is 6.07 Å². The van der Waals surface area contributed by atoms with Gasteiger partial charge in [0.15, 0.2) is 0 Å². The van der Waals surface area contributed by atoms with Crippen molar-refractivity contribution in [3.63, 3.8) is 0 Å². The highest BCUT2D eigenvalue weighted by Gasteiger charge is 2.08. The molecule has 0 amide bonds. The van der Waals surface area contributed by atoms with Crippen molar-refractivity contribution < 1.29 is 0 Å². The van der Waals surface area contributed by atoms with E-state index in [1.165, 1.54) is 11.3 Å². The van der Waals surface area contributed by atoms with Gasteiger partial charge >= 0.3 is 0 Å². The fourth-order valence-electron chi connectivity index (χ4n) is 0.695. The molecule has 0 aliphatic rings. The molecule has 10 heavy (non-hydrogen) atoms. The number of nitrogen functional groups attached to an aromatic ring is 2. The third-order valence-electron chi connectivity index (χ3n) is 1.27. The SMILES string of the molecule is Cc1sc(N)c(C#N)c1N. The van der Waals surface area contributed by atoms with Gasteiger partial charge in [0, 0.05) is 4.88 Å². The van der Waals surface area contributed by atoms with Crippen molar-refractivity contribution in [3.05, 3.63) is 10.4 Å². The maximum atomic E-state index is 8.51. The van der Waals surface area contributed by atoms with E-state index < -0.39 is 0 Å². The topological polar surface area (TPSA) is 75.8 Å². The summed E-state index contributed by atoms with van der Waals surface area (Å²) in [6, 6.07) is 1.94. The Morgan fingerprint density at radius 2 is 2.10 bits per heavy atom. The van der Waals surface area contributed by atoms with Crippen LogP contribution < -0.4 is 11.5 Å². The fraction of sp³-hybridized carbons (Fsp3) is 0.167. The largest absolute Gasteiger partial charge is 0.397 e. The van der Waals surface area contributed by atoms with E-state index in [0.717, 1.165) is 4.88 Å². The summed E-state index contributed by atoms with van der Waals surface area (Å²) in [5.74, 6) is 0. The predicted molar refractivity (Wildman–Crippen MR) is 42.6 cm³/mol. The van der Waals surface area contributed by atoms with E-state index in [2.05, 4.69) is 0 Å². The summed E-state index contributed by atoms with van der Waals surface area (Å²) in [4.78, 5) is 0.911. The van der Waals surface area contributed by atoms with Gasteiger partial charge in [0.1, 0.15) is 16.6 Å². The second kappa shape index (κ2) is 2.20. The molecule has 0 unspecified atom stereocenters. The van der Waals surface area contributed by atoms with Gasteiger partial charge in [-0.25, -0.2) is 0 Å². The molecule has 0 saturated heterocycles. The van der Waals surface area contributed by atoms with Gasteiger partial charge in [-0.15, -0.1) is 11.3 Å². The van der Waals surface area contributed by atoms with Crippen LogP contribution in [0.3, 0.4) is 0 Å². The van der Waals surface area contributed by atoms with Crippen LogP contribution in [0.4, 0.5) is 10.7 Å². The van der Waals surface area contributed by atoms with Crippen LogP contribution in [0.2, 0.25) is 0 Å². The lowest BCUT2D eigenvalue weighted by atomic mass is 10.3. The Bertz CT molecular complexity index is 295. The molecule has 0 aliphatic carbocycles. The van der Waals surface area contributed by atoms with Crippen LogP contribution in [-0.2, 0) is 0 Å². The van der Waals surface area contributed by atoms with Gasteiger partial charge in [-0.2, -0.15) is 5.26 Å². The number of nitrogens with two attached hydrogens (primary N) is 2. The summed E-state index contributed by atoms with van der Waals surface area (Å²) < 4.78 is 0. The quantitative estimate of drug-likeness (QED) is 0.585. The Hall–Kier alpha value is -1.21. The molecule has 1 rings (SSSR count). The lowest BCUT2D eigenvalue weighted by Crippen LogP contribution is -1.89. The van der Waals surface area contributed by atoms with E-state index in [4.69, 9.17) is 16.7 Å². The lowest BCUT2D eigenvalue weighted by Gasteiger charge is -1.86. The maximum absolute atomic E-state index is 8.51. The van der Waals surface area contributed by atoms with E-state index >= 15 is 0 Å². The average Bonchev–Trinajstić information content (AvgIpc) is 2.09. The first-order valence-electron chi connectivity index (χ1n) is 2.71. The van der Waals surface area contributed by atoms with Gasteiger partial charge in [-0.3, -0.25) is 0 Å². The third kappa shape index (κ3) is 0.807. The molecular weight excluding hydrogens is 146 g/mol. The molecule has 0 saturated carbocycles. The number of hydrogen-bond donors (Lipinski definition) is 2. The summed E-state index contributed by atoms with van der Waals surface area (Å²) in [7, 11) is 0. The molecule has 4 N–H and O–H groups in total. The maximum Gasteiger partial charge on any atom is 0.109 e. The molecule has 3 nitrogen and oxygen atoms in total. The highest BCUT2D eigenvalue weighted by Crippen LogP contribution is 2.31. The van der Waals surface area contributed by atoms with E-state index in [0.29, 0.717) is 16.3 Å². The summed E-state index contributed by atoms with van der Waals surface area (Å²) in [6.45, 7) is 1.84. The van der Waals surface area contributed by atoms with Crippen molar-refractivity contribution in [2.75, 3.05) is 11.5 Å². The number of anilines is 2. The Labute approximate surface area is 62.9 Å². The number of rotatable bonds is 0. The van der Waals surface area contributed by atoms with Crippen LogP contribution in [0, 0.1) is 18.3 Å². The van der Waals surface area contributed by atoms with Gasteiger partial charge in [-0.05, 0) is 6.92 Å². The van der Waals surface area contributed by atoms with Crippen LogP contribution >= 0.6 is 11.3 Å². The average molecular weight is 153 g/mol. The van der Waals surface area contributed by atoms with Gasteiger partial charge < -0.3 is 11.5 Å². The smallest absolute Gasteiger partial charge is 0.109 e. The number of thiophene rings is 1. The fourth-order valence-corrected chi connectivity index (χ4v) is 1.49. The van der Waals surface area contributed by atoms with E-state index in [-0.39, 0.29) is 0 Å². The Balaban J connectivity index is 3.37. The minimum absolute atomic E-state index is 0.419. The second-order valence-corrected chi connectivity index (χ2v) is 3.18. The summed E-state index contributed by atoms with van der Waals surface area (Å²) in [6.07, 6.45) is 0. The van der Waals surface area contributed by atoms with Crippen LogP contribution in [0.15, 0.2) is 0 Å². The molecule has 1 aromatic rings. The van der Waals surface area contributed by atoms with Gasteiger partial charge in [0.25, 0.3) is 0 Å². The van der Waals surface area contributed by atoms with E-state index in [1.54, 1.807) is 0 Å². The Morgan fingerprint density at radius 1 is 1.50 bits per heavy atom. The molecule has 0 aliphatic heterocycles. The van der Waals surface area contributed by atoms with Crippen LogP contribution in [-0.4, -0.2) is 0 Å². The third-order valence-corrected chi connectivity index (χ3v) is 2.22. The summed E-state index contributed by atoms with van der Waals surface area (Å²) in [5, 5.41) is 9.02. The molecule has 0 atom stereocenters. The first-order valence-corrected chi connectivity index (χ1v) is 3.53. The molecule has 0 fully saturated rings. The van der Waals surface area contributed by atoms with Crippen molar-refractivity contribution in [2.24, 2.45) is 0 Å². The predicted octanol–water partition coefficient (Wildman–Crippen LogP) is 1.09. The molecule has 4 heteroatoms. The van der Waals surface area contributed by atoms with Gasteiger partial charge in [0.2, 0.25) is 0 Å². The second-order valence-electron chi connectivity index (χ2n) is 1.92. The highest BCUT2D eigenvalue weighted by atomic mass is 32.1. The Morgan fingerprint density at radius 3 is 2.30 bits per heavy atom. The number of hydrogen-bond acceptors (Lipinski definition) is 4. The first kappa shape index (κ1) is 6.90.